The summed E-state index contributed by atoms with van der Waals surface area (Å²) in [6.07, 6.45) is 6.47. The molecule has 4 heteroatoms. The molecule has 2 rings (SSSR count). The van der Waals surface area contributed by atoms with Crippen LogP contribution >= 0.6 is 12.2 Å². The smallest absolute Gasteiger partial charge is 0.223 e. The first-order valence-corrected chi connectivity index (χ1v) is 7.42. The molecule has 3 atom stereocenters. The largest absolute Gasteiger partial charge is 0.393 e. The van der Waals surface area contributed by atoms with Crippen LogP contribution in [0.1, 0.15) is 52.4 Å². The van der Waals surface area contributed by atoms with Gasteiger partial charge in [-0.3, -0.25) is 4.79 Å². The molecule has 0 aromatic heterocycles. The number of amides is 1. The average Bonchev–Trinajstić information content (AvgIpc) is 2.83. The van der Waals surface area contributed by atoms with Gasteiger partial charge in [0.15, 0.2) is 0 Å². The molecule has 0 heterocycles. The highest BCUT2D eigenvalue weighted by Crippen LogP contribution is 2.42. The van der Waals surface area contributed by atoms with Gasteiger partial charge in [-0.2, -0.15) is 0 Å². The van der Waals surface area contributed by atoms with Crippen molar-refractivity contribution in [2.75, 3.05) is 0 Å². The van der Waals surface area contributed by atoms with Crippen LogP contribution in [0.5, 0.6) is 0 Å². The third-order valence-electron chi connectivity index (χ3n) is 4.78. The second-order valence-corrected chi connectivity index (χ2v) is 6.96. The minimum absolute atomic E-state index is 0.140. The van der Waals surface area contributed by atoms with E-state index in [-0.39, 0.29) is 29.2 Å². The summed E-state index contributed by atoms with van der Waals surface area (Å²) < 4.78 is 0. The molecular weight excluding hydrogens is 244 g/mol. The summed E-state index contributed by atoms with van der Waals surface area (Å²) in [5.74, 6) is 0.573. The van der Waals surface area contributed by atoms with Crippen LogP contribution in [0.15, 0.2) is 0 Å². The van der Waals surface area contributed by atoms with Crippen molar-refractivity contribution in [2.24, 2.45) is 23.0 Å². The zero-order valence-electron chi connectivity index (χ0n) is 11.4. The standard InChI is InChI=1S/C14H24N2OS/c1-14(2)8-4-6-10(14)13(17)16-11-7-3-5-9(11)12(15)18/h9-11H,3-8H2,1-2H3,(H2,15,18)(H,16,17). The van der Waals surface area contributed by atoms with E-state index in [1.807, 2.05) is 0 Å². The maximum atomic E-state index is 12.4. The predicted octanol–water partition coefficient (Wildman–Crippen LogP) is 2.38. The van der Waals surface area contributed by atoms with Crippen LogP contribution in [0.2, 0.25) is 0 Å². The Morgan fingerprint density at radius 2 is 2.00 bits per heavy atom. The summed E-state index contributed by atoms with van der Waals surface area (Å²) in [5, 5.41) is 3.20. The number of carbonyl (C=O) groups excluding carboxylic acids is 1. The van der Waals surface area contributed by atoms with E-state index < -0.39 is 0 Å². The van der Waals surface area contributed by atoms with Crippen LogP contribution in [0, 0.1) is 17.3 Å². The van der Waals surface area contributed by atoms with Gasteiger partial charge in [0.05, 0.1) is 4.99 Å². The van der Waals surface area contributed by atoms with Gasteiger partial charge in [-0.15, -0.1) is 0 Å². The van der Waals surface area contributed by atoms with Gasteiger partial charge in [-0.25, -0.2) is 0 Å². The van der Waals surface area contributed by atoms with Crippen LogP contribution in [-0.4, -0.2) is 16.9 Å². The van der Waals surface area contributed by atoms with Gasteiger partial charge < -0.3 is 11.1 Å². The van der Waals surface area contributed by atoms with E-state index in [1.54, 1.807) is 0 Å². The summed E-state index contributed by atoms with van der Waals surface area (Å²) in [5.41, 5.74) is 5.89. The fourth-order valence-electron chi connectivity index (χ4n) is 3.57. The van der Waals surface area contributed by atoms with Gasteiger partial charge in [0.1, 0.15) is 0 Å². The third-order valence-corrected chi connectivity index (χ3v) is 5.09. The Hall–Kier alpha value is -0.640. The molecule has 3 N–H and O–H groups in total. The van der Waals surface area contributed by atoms with Crippen LogP contribution in [0.25, 0.3) is 0 Å². The fourth-order valence-corrected chi connectivity index (χ4v) is 3.85. The highest BCUT2D eigenvalue weighted by Gasteiger charge is 2.41. The summed E-state index contributed by atoms with van der Waals surface area (Å²) in [7, 11) is 0. The van der Waals surface area contributed by atoms with Gasteiger partial charge in [-0.1, -0.05) is 38.9 Å². The number of hydrogen-bond donors (Lipinski definition) is 2. The Balaban J connectivity index is 1.97. The van der Waals surface area contributed by atoms with Crippen molar-refractivity contribution in [1.29, 1.82) is 0 Å². The van der Waals surface area contributed by atoms with Crippen molar-refractivity contribution < 1.29 is 4.79 Å². The van der Waals surface area contributed by atoms with Gasteiger partial charge in [0.25, 0.3) is 0 Å². The van der Waals surface area contributed by atoms with Crippen molar-refractivity contribution >= 4 is 23.1 Å². The van der Waals surface area contributed by atoms with E-state index in [1.165, 1.54) is 0 Å². The number of thiocarbonyl (C=S) groups is 1. The zero-order chi connectivity index (χ0) is 13.3. The molecule has 102 valence electrons. The SMILES string of the molecule is CC1(C)CCCC1C(=O)NC1CCCC1C(N)=S. The predicted molar refractivity (Wildman–Crippen MR) is 77.2 cm³/mol. The first kappa shape index (κ1) is 13.8. The Labute approximate surface area is 115 Å². The molecule has 0 aromatic carbocycles. The molecular formula is C14H24N2OS. The van der Waals surface area contributed by atoms with E-state index in [0.717, 1.165) is 38.5 Å². The second-order valence-electron chi connectivity index (χ2n) is 6.49. The van der Waals surface area contributed by atoms with Crippen LogP contribution in [0.3, 0.4) is 0 Å². The summed E-state index contributed by atoms with van der Waals surface area (Å²) in [4.78, 5) is 12.9. The summed E-state index contributed by atoms with van der Waals surface area (Å²) in [6.45, 7) is 4.40. The number of rotatable bonds is 3. The molecule has 0 aliphatic heterocycles. The lowest BCUT2D eigenvalue weighted by Crippen LogP contribution is -2.46. The average molecular weight is 268 g/mol. The van der Waals surface area contributed by atoms with Gasteiger partial charge >= 0.3 is 0 Å². The van der Waals surface area contributed by atoms with Crippen molar-refractivity contribution in [3.8, 4) is 0 Å². The summed E-state index contributed by atoms with van der Waals surface area (Å²) >= 11 is 5.09. The molecule has 2 aliphatic carbocycles. The van der Waals surface area contributed by atoms with E-state index in [2.05, 4.69) is 19.2 Å². The van der Waals surface area contributed by atoms with Crippen molar-refractivity contribution in [3.05, 3.63) is 0 Å². The van der Waals surface area contributed by atoms with Crippen LogP contribution in [0.4, 0.5) is 0 Å². The molecule has 3 unspecified atom stereocenters. The van der Waals surface area contributed by atoms with E-state index >= 15 is 0 Å². The van der Waals surface area contributed by atoms with Crippen LogP contribution < -0.4 is 11.1 Å². The molecule has 0 aromatic rings. The first-order valence-electron chi connectivity index (χ1n) is 7.01. The normalized spacial score (nSPS) is 34.4. The number of carbonyl (C=O) groups is 1. The molecule has 2 saturated carbocycles. The maximum Gasteiger partial charge on any atom is 0.223 e. The lowest BCUT2D eigenvalue weighted by atomic mass is 9.81. The molecule has 0 bridgehead atoms. The Morgan fingerprint density at radius 3 is 2.56 bits per heavy atom. The highest BCUT2D eigenvalue weighted by molar-refractivity contribution is 7.80. The molecule has 2 aliphatic rings. The quantitative estimate of drug-likeness (QED) is 0.773. The number of nitrogens with one attached hydrogen (secondary N) is 1. The lowest BCUT2D eigenvalue weighted by Gasteiger charge is -2.28. The number of hydrogen-bond acceptors (Lipinski definition) is 2. The first-order chi connectivity index (χ1) is 8.42. The summed E-state index contributed by atoms with van der Waals surface area (Å²) in [6, 6.07) is 0.173. The molecule has 3 nitrogen and oxygen atoms in total. The Morgan fingerprint density at radius 1 is 1.28 bits per heavy atom. The molecule has 0 spiro atoms. The molecule has 2 fully saturated rings. The van der Waals surface area contributed by atoms with Gasteiger partial charge in [-0.05, 0) is 31.1 Å². The Kier molecular flexibility index (Phi) is 3.95. The third kappa shape index (κ3) is 2.68. The molecule has 18 heavy (non-hydrogen) atoms. The molecule has 0 radical (unpaired) electrons. The molecule has 1 amide bonds. The van der Waals surface area contributed by atoms with Crippen molar-refractivity contribution in [1.82, 2.24) is 5.32 Å². The minimum atomic E-state index is 0.140. The van der Waals surface area contributed by atoms with Gasteiger partial charge in [0, 0.05) is 17.9 Å². The lowest BCUT2D eigenvalue weighted by molar-refractivity contribution is -0.128. The fraction of sp³-hybridized carbons (Fsp3) is 0.857. The topological polar surface area (TPSA) is 55.1 Å². The second kappa shape index (κ2) is 5.16. The maximum absolute atomic E-state index is 12.4. The minimum Gasteiger partial charge on any atom is -0.393 e. The number of nitrogens with two attached hydrogens (primary N) is 1. The van der Waals surface area contributed by atoms with E-state index in [0.29, 0.717) is 4.99 Å². The van der Waals surface area contributed by atoms with Gasteiger partial charge in [0.2, 0.25) is 5.91 Å². The van der Waals surface area contributed by atoms with E-state index in [4.69, 9.17) is 18.0 Å². The monoisotopic (exact) mass is 268 g/mol. The van der Waals surface area contributed by atoms with Crippen LogP contribution in [-0.2, 0) is 4.79 Å². The van der Waals surface area contributed by atoms with Crippen molar-refractivity contribution in [2.45, 2.75) is 58.4 Å². The zero-order valence-corrected chi connectivity index (χ0v) is 12.2. The van der Waals surface area contributed by atoms with Crippen molar-refractivity contribution in [3.63, 3.8) is 0 Å². The molecule has 0 saturated heterocycles. The van der Waals surface area contributed by atoms with E-state index in [9.17, 15) is 4.79 Å². The highest BCUT2D eigenvalue weighted by atomic mass is 32.1. The Bertz CT molecular complexity index is 354.